The first-order chi connectivity index (χ1) is 10.6. The van der Waals surface area contributed by atoms with Crippen LogP contribution < -0.4 is 0 Å². The van der Waals surface area contributed by atoms with Crippen molar-refractivity contribution in [1.29, 1.82) is 0 Å². The molecule has 0 saturated heterocycles. The highest BCUT2D eigenvalue weighted by Gasteiger charge is 2.37. The predicted molar refractivity (Wildman–Crippen MR) is 90.1 cm³/mol. The van der Waals surface area contributed by atoms with Gasteiger partial charge < -0.3 is 9.47 Å². The van der Waals surface area contributed by atoms with E-state index in [1.807, 2.05) is 47.6 Å². The van der Waals surface area contributed by atoms with Crippen molar-refractivity contribution in [3.63, 3.8) is 0 Å². The summed E-state index contributed by atoms with van der Waals surface area (Å²) >= 11 is 0. The van der Waals surface area contributed by atoms with Crippen LogP contribution in [0.15, 0.2) is 30.3 Å². The summed E-state index contributed by atoms with van der Waals surface area (Å²) in [7, 11) is 0. The number of esters is 2. The molecule has 128 valence electrons. The standard InChI is InChI=1S/C19H28O4/c1-7-18(3,4)22-16(20)15(14-12-10-9-11-13-14)17(21)23-19(5,6)8-2/h9-13,15H,7-8H2,1-6H3. The fraction of sp³-hybridized carbons (Fsp3) is 0.579. The average molecular weight is 320 g/mol. The molecule has 0 atom stereocenters. The summed E-state index contributed by atoms with van der Waals surface area (Å²) < 4.78 is 11.1. The summed E-state index contributed by atoms with van der Waals surface area (Å²) in [5.74, 6) is -2.20. The van der Waals surface area contributed by atoms with Gasteiger partial charge in [-0.05, 0) is 46.1 Å². The predicted octanol–water partition coefficient (Wildman–Crippen LogP) is 4.23. The lowest BCUT2D eigenvalue weighted by Gasteiger charge is -2.29. The first kappa shape index (κ1) is 19.2. The monoisotopic (exact) mass is 320 g/mol. The topological polar surface area (TPSA) is 52.6 Å². The van der Waals surface area contributed by atoms with Crippen molar-refractivity contribution in [1.82, 2.24) is 0 Å². The minimum absolute atomic E-state index is 0.569. The molecule has 1 rings (SSSR count). The lowest BCUT2D eigenvalue weighted by molar-refractivity contribution is -0.171. The second-order valence-corrected chi connectivity index (χ2v) is 6.91. The molecule has 0 unspecified atom stereocenters. The smallest absolute Gasteiger partial charge is 0.325 e. The van der Waals surface area contributed by atoms with Crippen LogP contribution in [-0.2, 0) is 19.1 Å². The Morgan fingerprint density at radius 2 is 1.26 bits per heavy atom. The maximum atomic E-state index is 12.6. The lowest BCUT2D eigenvalue weighted by Crippen LogP contribution is -2.37. The van der Waals surface area contributed by atoms with Crippen LogP contribution in [0.2, 0.25) is 0 Å². The first-order valence-corrected chi connectivity index (χ1v) is 8.12. The van der Waals surface area contributed by atoms with E-state index in [0.717, 1.165) is 0 Å². The average Bonchev–Trinajstić information content (AvgIpc) is 2.47. The highest BCUT2D eigenvalue weighted by molar-refractivity contribution is 6.01. The highest BCUT2D eigenvalue weighted by Crippen LogP contribution is 2.26. The van der Waals surface area contributed by atoms with E-state index in [-0.39, 0.29) is 0 Å². The van der Waals surface area contributed by atoms with E-state index in [1.165, 1.54) is 0 Å². The van der Waals surface area contributed by atoms with E-state index in [0.29, 0.717) is 18.4 Å². The molecule has 0 radical (unpaired) electrons. The largest absolute Gasteiger partial charge is 0.459 e. The summed E-state index contributed by atoms with van der Waals surface area (Å²) in [5, 5.41) is 0. The number of benzene rings is 1. The molecule has 0 amide bonds. The van der Waals surface area contributed by atoms with Crippen molar-refractivity contribution >= 4 is 11.9 Å². The Morgan fingerprint density at radius 3 is 1.61 bits per heavy atom. The van der Waals surface area contributed by atoms with Crippen molar-refractivity contribution < 1.29 is 19.1 Å². The molecule has 0 aliphatic carbocycles. The van der Waals surface area contributed by atoms with Gasteiger partial charge in [0.15, 0.2) is 5.92 Å². The zero-order chi connectivity index (χ0) is 17.7. The molecule has 0 spiro atoms. The zero-order valence-corrected chi connectivity index (χ0v) is 15.0. The molecular weight excluding hydrogens is 292 g/mol. The Balaban J connectivity index is 3.08. The molecule has 0 bridgehead atoms. The van der Waals surface area contributed by atoms with Gasteiger partial charge in [0.25, 0.3) is 0 Å². The summed E-state index contributed by atoms with van der Waals surface area (Å²) in [5.41, 5.74) is -0.656. The lowest BCUT2D eigenvalue weighted by atomic mass is 9.97. The second kappa shape index (κ2) is 7.62. The minimum atomic E-state index is -1.06. The fourth-order valence-corrected chi connectivity index (χ4v) is 1.82. The molecule has 1 aromatic rings. The van der Waals surface area contributed by atoms with E-state index in [4.69, 9.17) is 9.47 Å². The molecule has 4 heteroatoms. The fourth-order valence-electron chi connectivity index (χ4n) is 1.82. The molecule has 23 heavy (non-hydrogen) atoms. The second-order valence-electron chi connectivity index (χ2n) is 6.91. The van der Waals surface area contributed by atoms with Crippen molar-refractivity contribution in [2.75, 3.05) is 0 Å². The molecular formula is C19H28O4. The van der Waals surface area contributed by atoms with Gasteiger partial charge >= 0.3 is 11.9 Å². The molecule has 0 heterocycles. The highest BCUT2D eigenvalue weighted by atomic mass is 16.6. The molecule has 0 aliphatic rings. The summed E-state index contributed by atoms with van der Waals surface area (Å²) in [6.45, 7) is 11.2. The third-order valence-electron chi connectivity index (χ3n) is 4.06. The van der Waals surface area contributed by atoms with Crippen molar-refractivity contribution in [3.05, 3.63) is 35.9 Å². The first-order valence-electron chi connectivity index (χ1n) is 8.12. The Bertz CT molecular complexity index is 502. The number of hydrogen-bond acceptors (Lipinski definition) is 4. The molecule has 0 N–H and O–H groups in total. The molecule has 0 saturated carbocycles. The van der Waals surface area contributed by atoms with Crippen LogP contribution in [0.1, 0.15) is 65.9 Å². The molecule has 0 aliphatic heterocycles. The van der Waals surface area contributed by atoms with Crippen LogP contribution in [0.25, 0.3) is 0 Å². The van der Waals surface area contributed by atoms with Crippen LogP contribution in [-0.4, -0.2) is 23.1 Å². The zero-order valence-electron chi connectivity index (χ0n) is 15.0. The Labute approximate surface area is 139 Å². The maximum Gasteiger partial charge on any atom is 0.325 e. The van der Waals surface area contributed by atoms with Crippen molar-refractivity contribution in [2.45, 2.75) is 71.5 Å². The van der Waals surface area contributed by atoms with Gasteiger partial charge in [0.1, 0.15) is 11.2 Å². The molecule has 4 nitrogen and oxygen atoms in total. The van der Waals surface area contributed by atoms with Crippen molar-refractivity contribution in [2.24, 2.45) is 0 Å². The number of carbonyl (C=O) groups is 2. The van der Waals surface area contributed by atoms with Crippen LogP contribution in [0.3, 0.4) is 0 Å². The third-order valence-corrected chi connectivity index (χ3v) is 4.06. The summed E-state index contributed by atoms with van der Waals surface area (Å²) in [6.07, 6.45) is 1.32. The minimum Gasteiger partial charge on any atom is -0.459 e. The van der Waals surface area contributed by atoms with Gasteiger partial charge in [-0.1, -0.05) is 44.2 Å². The number of rotatable bonds is 7. The normalized spacial score (nSPS) is 12.1. The van der Waals surface area contributed by atoms with Crippen molar-refractivity contribution in [3.8, 4) is 0 Å². The SMILES string of the molecule is CCC(C)(C)OC(=O)C(C(=O)OC(C)(C)CC)c1ccccc1. The number of ether oxygens (including phenoxy) is 2. The quantitative estimate of drug-likeness (QED) is 0.557. The number of carbonyl (C=O) groups excluding carboxylic acids is 2. The van der Waals surface area contributed by atoms with Crippen LogP contribution >= 0.6 is 0 Å². The van der Waals surface area contributed by atoms with Gasteiger partial charge in [-0.2, -0.15) is 0 Å². The van der Waals surface area contributed by atoms with Gasteiger partial charge in [0, 0.05) is 0 Å². The van der Waals surface area contributed by atoms with Crippen LogP contribution in [0.5, 0.6) is 0 Å². The molecule has 1 aromatic carbocycles. The van der Waals surface area contributed by atoms with E-state index in [9.17, 15) is 9.59 Å². The van der Waals surface area contributed by atoms with E-state index >= 15 is 0 Å². The third kappa shape index (κ3) is 5.70. The maximum absolute atomic E-state index is 12.6. The Hall–Kier alpha value is -1.84. The summed E-state index contributed by atoms with van der Waals surface area (Å²) in [6, 6.07) is 8.90. The Kier molecular flexibility index (Phi) is 6.37. The van der Waals surface area contributed by atoms with Crippen LogP contribution in [0, 0.1) is 0 Å². The van der Waals surface area contributed by atoms with Gasteiger partial charge in [-0.3, -0.25) is 9.59 Å². The van der Waals surface area contributed by atoms with Gasteiger partial charge in [-0.15, -0.1) is 0 Å². The molecule has 0 fully saturated rings. The van der Waals surface area contributed by atoms with Gasteiger partial charge in [0.05, 0.1) is 0 Å². The Morgan fingerprint density at radius 1 is 0.870 bits per heavy atom. The van der Waals surface area contributed by atoms with Gasteiger partial charge in [0.2, 0.25) is 0 Å². The van der Waals surface area contributed by atoms with E-state index in [2.05, 4.69) is 0 Å². The molecule has 0 aromatic heterocycles. The van der Waals surface area contributed by atoms with E-state index < -0.39 is 29.1 Å². The van der Waals surface area contributed by atoms with Gasteiger partial charge in [-0.25, -0.2) is 0 Å². The summed E-state index contributed by atoms with van der Waals surface area (Å²) in [4.78, 5) is 25.2. The van der Waals surface area contributed by atoms with Crippen LogP contribution in [0.4, 0.5) is 0 Å². The van der Waals surface area contributed by atoms with E-state index in [1.54, 1.807) is 24.3 Å². The number of hydrogen-bond donors (Lipinski definition) is 0.